The van der Waals surface area contributed by atoms with Crippen molar-refractivity contribution >= 4 is 17.7 Å². The van der Waals surface area contributed by atoms with Crippen LogP contribution >= 0.6 is 11.8 Å². The van der Waals surface area contributed by atoms with Crippen LogP contribution in [0.1, 0.15) is 34.1 Å². The van der Waals surface area contributed by atoms with E-state index in [0.29, 0.717) is 0 Å². The molecule has 0 aliphatic heterocycles. The lowest BCUT2D eigenvalue weighted by Gasteiger charge is -2.27. The molecule has 0 aliphatic rings. The SMILES string of the molecule is CCC(C)(C)C(=O)NC(C)C(CO)SC. The number of rotatable bonds is 6. The minimum atomic E-state index is -0.327. The van der Waals surface area contributed by atoms with Gasteiger partial charge in [0.15, 0.2) is 0 Å². The van der Waals surface area contributed by atoms with Crippen molar-refractivity contribution in [2.45, 2.75) is 45.4 Å². The van der Waals surface area contributed by atoms with Crippen LogP contribution in [0.3, 0.4) is 0 Å². The smallest absolute Gasteiger partial charge is 0.225 e. The molecule has 15 heavy (non-hydrogen) atoms. The Balaban J connectivity index is 4.29. The van der Waals surface area contributed by atoms with Crippen LogP contribution in [0.25, 0.3) is 0 Å². The number of carbonyl (C=O) groups excluding carboxylic acids is 1. The van der Waals surface area contributed by atoms with Crippen molar-refractivity contribution in [1.29, 1.82) is 0 Å². The Morgan fingerprint density at radius 3 is 2.40 bits per heavy atom. The highest BCUT2D eigenvalue weighted by Gasteiger charge is 2.28. The first kappa shape index (κ1) is 14.8. The summed E-state index contributed by atoms with van der Waals surface area (Å²) in [5.41, 5.74) is -0.327. The van der Waals surface area contributed by atoms with Gasteiger partial charge >= 0.3 is 0 Å². The van der Waals surface area contributed by atoms with E-state index in [2.05, 4.69) is 5.32 Å². The molecule has 0 spiro atoms. The highest BCUT2D eigenvalue weighted by Crippen LogP contribution is 2.20. The summed E-state index contributed by atoms with van der Waals surface area (Å²) in [5, 5.41) is 12.1. The number of aliphatic hydroxyl groups excluding tert-OH is 1. The molecule has 0 saturated carbocycles. The normalized spacial score (nSPS) is 15.9. The summed E-state index contributed by atoms with van der Waals surface area (Å²) in [4.78, 5) is 11.8. The number of aliphatic hydroxyl groups is 1. The van der Waals surface area contributed by atoms with E-state index in [1.54, 1.807) is 11.8 Å². The van der Waals surface area contributed by atoms with Crippen LogP contribution in [0.15, 0.2) is 0 Å². The summed E-state index contributed by atoms with van der Waals surface area (Å²) in [6, 6.07) is 0.00308. The molecule has 2 atom stereocenters. The fourth-order valence-corrected chi connectivity index (χ4v) is 1.72. The van der Waals surface area contributed by atoms with Crippen LogP contribution < -0.4 is 5.32 Å². The van der Waals surface area contributed by atoms with E-state index in [1.165, 1.54) is 0 Å². The summed E-state index contributed by atoms with van der Waals surface area (Å²) in [6.45, 7) is 7.89. The Bertz CT molecular complexity index is 203. The van der Waals surface area contributed by atoms with Gasteiger partial charge in [0.1, 0.15) is 0 Å². The molecular weight excluding hydrogens is 210 g/mol. The first-order chi connectivity index (χ1) is 6.88. The molecule has 1 amide bonds. The van der Waals surface area contributed by atoms with E-state index >= 15 is 0 Å². The summed E-state index contributed by atoms with van der Waals surface area (Å²) >= 11 is 1.57. The number of nitrogens with one attached hydrogen (secondary N) is 1. The van der Waals surface area contributed by atoms with E-state index in [-0.39, 0.29) is 29.2 Å². The Morgan fingerprint density at radius 2 is 2.07 bits per heavy atom. The van der Waals surface area contributed by atoms with Crippen molar-refractivity contribution < 1.29 is 9.90 Å². The Kier molecular flexibility index (Phi) is 6.29. The molecule has 90 valence electrons. The Hall–Kier alpha value is -0.220. The highest BCUT2D eigenvalue weighted by atomic mass is 32.2. The number of hydrogen-bond acceptors (Lipinski definition) is 3. The maximum atomic E-state index is 11.8. The molecule has 0 heterocycles. The second-order valence-corrected chi connectivity index (χ2v) is 5.53. The summed E-state index contributed by atoms with van der Waals surface area (Å²) in [5.74, 6) is 0.0602. The molecule has 0 radical (unpaired) electrons. The summed E-state index contributed by atoms with van der Waals surface area (Å²) < 4.78 is 0. The van der Waals surface area contributed by atoms with Gasteiger partial charge in [-0.05, 0) is 19.6 Å². The summed E-state index contributed by atoms with van der Waals surface area (Å²) in [6.07, 6.45) is 2.75. The minimum absolute atomic E-state index is 0.00308. The van der Waals surface area contributed by atoms with Crippen molar-refractivity contribution in [3.05, 3.63) is 0 Å². The van der Waals surface area contributed by atoms with Gasteiger partial charge in [-0.2, -0.15) is 11.8 Å². The number of hydrogen-bond donors (Lipinski definition) is 2. The maximum Gasteiger partial charge on any atom is 0.225 e. The standard InChI is InChI=1S/C11H23NO2S/c1-6-11(3,4)10(14)12-8(2)9(7-13)15-5/h8-9,13H,6-7H2,1-5H3,(H,12,14). The van der Waals surface area contributed by atoms with Crippen molar-refractivity contribution in [3.63, 3.8) is 0 Å². The molecule has 0 aromatic carbocycles. The molecule has 2 unspecified atom stereocenters. The first-order valence-corrected chi connectivity index (χ1v) is 6.62. The third-order valence-corrected chi connectivity index (χ3v) is 4.06. The fourth-order valence-electron chi connectivity index (χ4n) is 1.09. The van der Waals surface area contributed by atoms with Gasteiger partial charge < -0.3 is 10.4 Å². The Morgan fingerprint density at radius 1 is 1.53 bits per heavy atom. The predicted octanol–water partition coefficient (Wildman–Crippen LogP) is 1.65. The number of amides is 1. The minimum Gasteiger partial charge on any atom is -0.395 e. The first-order valence-electron chi connectivity index (χ1n) is 5.33. The monoisotopic (exact) mass is 233 g/mol. The molecule has 3 nitrogen and oxygen atoms in total. The average molecular weight is 233 g/mol. The molecule has 0 aliphatic carbocycles. The maximum absolute atomic E-state index is 11.8. The quantitative estimate of drug-likeness (QED) is 0.733. The molecule has 0 aromatic rings. The van der Waals surface area contributed by atoms with Crippen molar-refractivity contribution in [2.75, 3.05) is 12.9 Å². The largest absolute Gasteiger partial charge is 0.395 e. The van der Waals surface area contributed by atoms with Gasteiger partial charge in [0, 0.05) is 16.7 Å². The zero-order valence-electron chi connectivity index (χ0n) is 10.3. The molecule has 2 N–H and O–H groups in total. The predicted molar refractivity (Wildman–Crippen MR) is 66.1 cm³/mol. The fraction of sp³-hybridized carbons (Fsp3) is 0.909. The Labute approximate surface area is 97.0 Å². The van der Waals surface area contributed by atoms with Crippen LogP contribution in [0.2, 0.25) is 0 Å². The van der Waals surface area contributed by atoms with Gasteiger partial charge in [0.2, 0.25) is 5.91 Å². The van der Waals surface area contributed by atoms with Crippen LogP contribution in [0, 0.1) is 5.41 Å². The molecule has 0 rings (SSSR count). The molecule has 0 bridgehead atoms. The van der Waals surface area contributed by atoms with E-state index in [9.17, 15) is 4.79 Å². The molecule has 0 fully saturated rings. The highest BCUT2D eigenvalue weighted by molar-refractivity contribution is 7.99. The lowest BCUT2D eigenvalue weighted by Crippen LogP contribution is -2.46. The second-order valence-electron chi connectivity index (χ2n) is 4.46. The number of thioether (sulfide) groups is 1. The van der Waals surface area contributed by atoms with E-state index < -0.39 is 0 Å². The van der Waals surface area contributed by atoms with Gasteiger partial charge in [-0.25, -0.2) is 0 Å². The van der Waals surface area contributed by atoms with E-state index in [0.717, 1.165) is 6.42 Å². The second kappa shape index (κ2) is 6.38. The lowest BCUT2D eigenvalue weighted by molar-refractivity contribution is -0.130. The van der Waals surface area contributed by atoms with Crippen LogP contribution in [-0.4, -0.2) is 35.2 Å². The third kappa shape index (κ3) is 4.43. The zero-order valence-corrected chi connectivity index (χ0v) is 11.1. The van der Waals surface area contributed by atoms with E-state index in [1.807, 2.05) is 34.0 Å². The van der Waals surface area contributed by atoms with Crippen molar-refractivity contribution in [1.82, 2.24) is 5.32 Å². The lowest BCUT2D eigenvalue weighted by atomic mass is 9.89. The van der Waals surface area contributed by atoms with Gasteiger partial charge in [0.25, 0.3) is 0 Å². The van der Waals surface area contributed by atoms with E-state index in [4.69, 9.17) is 5.11 Å². The summed E-state index contributed by atoms with van der Waals surface area (Å²) in [7, 11) is 0. The molecular formula is C11H23NO2S. The van der Waals surface area contributed by atoms with Crippen LogP contribution in [0.5, 0.6) is 0 Å². The van der Waals surface area contributed by atoms with Gasteiger partial charge in [-0.15, -0.1) is 0 Å². The van der Waals surface area contributed by atoms with Gasteiger partial charge in [-0.1, -0.05) is 20.8 Å². The van der Waals surface area contributed by atoms with Crippen LogP contribution in [-0.2, 0) is 4.79 Å². The number of carbonyl (C=O) groups is 1. The van der Waals surface area contributed by atoms with Gasteiger partial charge in [-0.3, -0.25) is 4.79 Å². The molecule has 0 saturated heterocycles. The van der Waals surface area contributed by atoms with Gasteiger partial charge in [0.05, 0.1) is 6.61 Å². The average Bonchev–Trinajstić information content (AvgIpc) is 2.19. The topological polar surface area (TPSA) is 49.3 Å². The van der Waals surface area contributed by atoms with Crippen molar-refractivity contribution in [2.24, 2.45) is 5.41 Å². The van der Waals surface area contributed by atoms with Crippen molar-refractivity contribution in [3.8, 4) is 0 Å². The molecule has 0 aromatic heterocycles. The zero-order chi connectivity index (χ0) is 12.1. The third-order valence-electron chi connectivity index (χ3n) is 2.90. The molecule has 4 heteroatoms. The van der Waals surface area contributed by atoms with Crippen LogP contribution in [0.4, 0.5) is 0 Å².